The third-order valence-corrected chi connectivity index (χ3v) is 6.94. The highest BCUT2D eigenvalue weighted by Crippen LogP contribution is 2.38. The smallest absolute Gasteiger partial charge is 0.338 e. The van der Waals surface area contributed by atoms with Gasteiger partial charge in [0.1, 0.15) is 11.1 Å². The molecule has 1 aromatic carbocycles. The van der Waals surface area contributed by atoms with Gasteiger partial charge >= 0.3 is 5.97 Å². The lowest BCUT2D eigenvalue weighted by molar-refractivity contribution is -0.115. The molecular formula is C26H31N3O3S. The molecule has 1 aliphatic carbocycles. The largest absolute Gasteiger partial charge is 0.462 e. The van der Waals surface area contributed by atoms with Crippen molar-refractivity contribution in [1.82, 2.24) is 4.98 Å². The number of carbonyl (C=O) groups excluding carboxylic acids is 2. The first kappa shape index (κ1) is 24.8. The number of hydrogen-bond donors (Lipinski definition) is 1. The molecule has 0 spiro atoms. The third kappa shape index (κ3) is 6.58. The highest BCUT2D eigenvalue weighted by molar-refractivity contribution is 7.99. The molecule has 1 atom stereocenters. The van der Waals surface area contributed by atoms with Crippen LogP contribution in [0.1, 0.15) is 67.7 Å². The Balaban J connectivity index is 1.55. The lowest BCUT2D eigenvalue weighted by Crippen LogP contribution is -2.27. The summed E-state index contributed by atoms with van der Waals surface area (Å²) in [5.41, 5.74) is 4.17. The number of esters is 1. The minimum absolute atomic E-state index is 0.129. The number of nitriles is 1. The van der Waals surface area contributed by atoms with E-state index < -0.39 is 0 Å². The van der Waals surface area contributed by atoms with Crippen molar-refractivity contribution in [2.45, 2.75) is 58.4 Å². The minimum Gasteiger partial charge on any atom is -0.462 e. The van der Waals surface area contributed by atoms with Gasteiger partial charge in [-0.1, -0.05) is 20.8 Å². The molecule has 1 heterocycles. The maximum Gasteiger partial charge on any atom is 0.338 e. The van der Waals surface area contributed by atoms with Crippen molar-refractivity contribution in [1.29, 1.82) is 5.26 Å². The lowest BCUT2D eigenvalue weighted by Gasteiger charge is -2.34. The van der Waals surface area contributed by atoms with Gasteiger partial charge in [0.05, 0.1) is 17.7 Å². The molecule has 33 heavy (non-hydrogen) atoms. The molecule has 1 aliphatic rings. The molecular weight excluding hydrogens is 434 g/mol. The summed E-state index contributed by atoms with van der Waals surface area (Å²) in [6.45, 7) is 8.88. The lowest BCUT2D eigenvalue weighted by atomic mass is 9.71. The zero-order valence-corrected chi connectivity index (χ0v) is 20.6. The Kier molecular flexibility index (Phi) is 8.15. The molecule has 1 amide bonds. The summed E-state index contributed by atoms with van der Waals surface area (Å²) < 4.78 is 4.96. The molecule has 0 saturated carbocycles. The van der Waals surface area contributed by atoms with E-state index in [9.17, 15) is 14.9 Å². The molecule has 1 N–H and O–H groups in total. The molecule has 2 aromatic rings. The Bertz CT molecular complexity index is 1050. The van der Waals surface area contributed by atoms with Gasteiger partial charge in [-0.05, 0) is 73.4 Å². The predicted octanol–water partition coefficient (Wildman–Crippen LogP) is 5.40. The second-order valence-electron chi connectivity index (χ2n) is 9.31. The molecule has 0 fully saturated rings. The summed E-state index contributed by atoms with van der Waals surface area (Å²) in [6.07, 6.45) is 3.29. The number of thioether (sulfide) groups is 1. The quantitative estimate of drug-likeness (QED) is 0.435. The third-order valence-electron chi connectivity index (χ3n) is 5.94. The molecule has 0 aliphatic heterocycles. The fourth-order valence-electron chi connectivity index (χ4n) is 3.94. The van der Waals surface area contributed by atoms with Crippen molar-refractivity contribution in [3.05, 3.63) is 52.7 Å². The predicted molar refractivity (Wildman–Crippen MR) is 130 cm³/mol. The van der Waals surface area contributed by atoms with Crippen molar-refractivity contribution >= 4 is 29.3 Å². The Morgan fingerprint density at radius 1 is 1.27 bits per heavy atom. The summed E-state index contributed by atoms with van der Waals surface area (Å²) in [6, 6.07) is 10.9. The van der Waals surface area contributed by atoms with Gasteiger partial charge in [-0.25, -0.2) is 9.78 Å². The number of ether oxygens (including phenoxy) is 1. The maximum atomic E-state index is 12.3. The molecule has 7 heteroatoms. The highest BCUT2D eigenvalue weighted by Gasteiger charge is 2.30. The maximum absolute atomic E-state index is 12.3. The molecule has 1 aromatic heterocycles. The van der Waals surface area contributed by atoms with Gasteiger partial charge in [0.25, 0.3) is 0 Å². The van der Waals surface area contributed by atoms with E-state index in [1.807, 2.05) is 6.07 Å². The van der Waals surface area contributed by atoms with Crippen LogP contribution >= 0.6 is 11.8 Å². The molecule has 0 bridgehead atoms. The second-order valence-corrected chi connectivity index (χ2v) is 10.4. The first-order valence-electron chi connectivity index (χ1n) is 11.3. The van der Waals surface area contributed by atoms with Crippen LogP contribution in [0.4, 0.5) is 5.69 Å². The van der Waals surface area contributed by atoms with Crippen LogP contribution < -0.4 is 5.32 Å². The summed E-state index contributed by atoms with van der Waals surface area (Å²) >= 11 is 1.45. The molecule has 1 unspecified atom stereocenters. The normalized spacial score (nSPS) is 15.3. The van der Waals surface area contributed by atoms with Crippen LogP contribution in [-0.4, -0.2) is 29.2 Å². The van der Waals surface area contributed by atoms with Gasteiger partial charge in [0.15, 0.2) is 0 Å². The van der Waals surface area contributed by atoms with Gasteiger partial charge in [-0.2, -0.15) is 5.26 Å². The van der Waals surface area contributed by atoms with Crippen LogP contribution in [0.2, 0.25) is 0 Å². The number of rotatable bonds is 7. The van der Waals surface area contributed by atoms with Crippen molar-refractivity contribution in [2.75, 3.05) is 17.7 Å². The zero-order chi connectivity index (χ0) is 24.0. The highest BCUT2D eigenvalue weighted by atomic mass is 32.2. The van der Waals surface area contributed by atoms with E-state index in [2.05, 4.69) is 32.2 Å². The van der Waals surface area contributed by atoms with E-state index in [4.69, 9.17) is 9.72 Å². The van der Waals surface area contributed by atoms with Gasteiger partial charge in [0.2, 0.25) is 5.91 Å². The number of amides is 1. The Morgan fingerprint density at radius 2 is 2.00 bits per heavy atom. The second kappa shape index (κ2) is 10.8. The fourth-order valence-corrected chi connectivity index (χ4v) is 4.86. The van der Waals surface area contributed by atoms with Gasteiger partial charge < -0.3 is 10.1 Å². The molecule has 6 nitrogen and oxygen atoms in total. The number of hydrogen-bond acceptors (Lipinski definition) is 6. The summed E-state index contributed by atoms with van der Waals surface area (Å²) in [5.74, 6) is 0.604. The monoisotopic (exact) mass is 465 g/mol. The molecule has 0 radical (unpaired) electrons. The van der Waals surface area contributed by atoms with Crippen LogP contribution in [0, 0.1) is 22.7 Å². The van der Waals surface area contributed by atoms with E-state index >= 15 is 0 Å². The van der Waals surface area contributed by atoms with Crippen LogP contribution in [0.5, 0.6) is 0 Å². The van der Waals surface area contributed by atoms with Crippen molar-refractivity contribution in [3.8, 4) is 6.07 Å². The number of carbonyl (C=O) groups is 2. The van der Waals surface area contributed by atoms with Gasteiger partial charge in [-0.3, -0.25) is 4.79 Å². The SMILES string of the molecule is CCOC(=O)c1ccc(NC(=O)CCSc2nc3c(cc2C#N)CC(C(C)(C)C)CC3)cc1. The summed E-state index contributed by atoms with van der Waals surface area (Å²) in [7, 11) is 0. The average Bonchev–Trinajstić information content (AvgIpc) is 2.78. The van der Waals surface area contributed by atoms with E-state index in [-0.39, 0.29) is 17.3 Å². The van der Waals surface area contributed by atoms with Crippen LogP contribution in [0.25, 0.3) is 0 Å². The number of nitrogens with one attached hydrogen (secondary N) is 1. The van der Waals surface area contributed by atoms with Crippen molar-refractivity contribution in [3.63, 3.8) is 0 Å². The molecule has 0 saturated heterocycles. The Labute approximate surface area is 200 Å². The minimum atomic E-state index is -0.383. The number of nitrogens with zero attached hydrogens (tertiary/aromatic N) is 2. The van der Waals surface area contributed by atoms with E-state index in [0.717, 1.165) is 25.0 Å². The first-order chi connectivity index (χ1) is 15.7. The van der Waals surface area contributed by atoms with Crippen LogP contribution in [0.15, 0.2) is 35.4 Å². The number of benzene rings is 1. The van der Waals surface area contributed by atoms with Crippen molar-refractivity contribution in [2.24, 2.45) is 11.3 Å². The average molecular weight is 466 g/mol. The molecule has 174 valence electrons. The van der Waals surface area contributed by atoms with Gasteiger partial charge in [0, 0.05) is 23.6 Å². The fraction of sp³-hybridized carbons (Fsp3) is 0.462. The Hall–Kier alpha value is -2.85. The van der Waals surface area contributed by atoms with E-state index in [1.165, 1.54) is 17.3 Å². The van der Waals surface area contributed by atoms with Crippen LogP contribution in [0.3, 0.4) is 0 Å². The Morgan fingerprint density at radius 3 is 2.64 bits per heavy atom. The topological polar surface area (TPSA) is 92.1 Å². The number of fused-ring (bicyclic) bond motifs is 1. The number of pyridine rings is 1. The summed E-state index contributed by atoms with van der Waals surface area (Å²) in [4.78, 5) is 28.8. The zero-order valence-electron chi connectivity index (χ0n) is 19.7. The first-order valence-corrected chi connectivity index (χ1v) is 12.3. The molecule has 3 rings (SSSR count). The van der Waals surface area contributed by atoms with Gasteiger partial charge in [-0.15, -0.1) is 11.8 Å². The number of aryl methyl sites for hydroxylation is 1. The van der Waals surface area contributed by atoms with E-state index in [0.29, 0.717) is 46.5 Å². The number of anilines is 1. The van der Waals surface area contributed by atoms with E-state index in [1.54, 1.807) is 31.2 Å². The number of aromatic nitrogens is 1. The summed E-state index contributed by atoms with van der Waals surface area (Å²) in [5, 5.41) is 13.2. The van der Waals surface area contributed by atoms with Crippen molar-refractivity contribution < 1.29 is 14.3 Å². The van der Waals surface area contributed by atoms with Crippen LogP contribution in [-0.2, 0) is 22.4 Å². The standard InChI is InChI=1S/C26H31N3O3S/c1-5-32-25(31)17-6-9-21(10-7-17)28-23(30)12-13-33-24-19(16-27)14-18-15-20(26(2,3)4)8-11-22(18)29-24/h6-7,9-10,14,20H,5,8,11-13,15H2,1-4H3,(H,28,30).